The summed E-state index contributed by atoms with van der Waals surface area (Å²) < 4.78 is 2.47. The van der Waals surface area contributed by atoms with Gasteiger partial charge in [-0.05, 0) is 0 Å². The largest absolute Gasteiger partial charge is 1.00 e. The Hall–Kier alpha value is -1.17. The fourth-order valence-corrected chi connectivity index (χ4v) is 11.4. The Labute approximate surface area is 193 Å². The van der Waals surface area contributed by atoms with E-state index in [2.05, 4.69) is 96.1 Å². The fraction of sp³-hybridized carbons (Fsp3) is 0.308. The van der Waals surface area contributed by atoms with E-state index in [4.69, 9.17) is 0 Å². The summed E-state index contributed by atoms with van der Waals surface area (Å²) in [4.78, 5) is 0. The zero-order chi connectivity index (χ0) is 20.1. The Bertz CT molecular complexity index is 1050. The minimum atomic E-state index is -0.815. The molecule has 30 heavy (non-hydrogen) atoms. The summed E-state index contributed by atoms with van der Waals surface area (Å²) in [6.07, 6.45) is 2.51. The molecule has 0 saturated heterocycles. The molecule has 0 nitrogen and oxygen atoms in total. The standard InChI is InChI=1S/C16H14P.C10H15.2FH.Zr/c1-12-6-2-5-9-16(12)17-15-10-13-7-3-4-8-14(13)11-15;1-7-6-10(4,5)9(3)8(7)2;;;/h2-11,17H,1H3;1-5H3;2*1H;/q;;;;+2/p-2. The summed E-state index contributed by atoms with van der Waals surface area (Å²) in [5, 5.41) is 3.17. The Morgan fingerprint density at radius 1 is 0.833 bits per heavy atom. The van der Waals surface area contributed by atoms with Crippen molar-refractivity contribution in [1.82, 2.24) is 0 Å². The first kappa shape index (κ1) is 25.1. The Morgan fingerprint density at radius 2 is 1.47 bits per heavy atom. The van der Waals surface area contributed by atoms with E-state index < -0.39 is 23.2 Å². The number of hydrogen-bond acceptors (Lipinski definition) is 0. The molecule has 0 N–H and O–H groups in total. The molecule has 2 atom stereocenters. The maximum Gasteiger partial charge on any atom is -1.00 e. The Morgan fingerprint density at radius 3 is 2.10 bits per heavy atom. The summed E-state index contributed by atoms with van der Waals surface area (Å²) in [7, 11) is 0.786. The van der Waals surface area contributed by atoms with Crippen LogP contribution in [0.25, 0.3) is 6.08 Å². The van der Waals surface area contributed by atoms with Crippen LogP contribution in [0, 0.1) is 12.3 Å². The van der Waals surface area contributed by atoms with Gasteiger partial charge in [0.15, 0.2) is 0 Å². The SMILES string of the molecule is CC1=C(C)C(C)(C)[C]([Zr+2][CH]2C(Pc3ccccc3C)=Cc3ccccc32)=C1C.[F-].[F-]. The Balaban J connectivity index is 0.00000160. The average Bonchev–Trinajstić information content (AvgIpc) is 3.08. The van der Waals surface area contributed by atoms with E-state index in [0.717, 1.165) is 8.58 Å². The van der Waals surface area contributed by atoms with Gasteiger partial charge in [0.25, 0.3) is 0 Å². The fourth-order valence-electron chi connectivity index (χ4n) is 4.48. The van der Waals surface area contributed by atoms with Crippen LogP contribution in [-0.2, 0) is 23.2 Å². The van der Waals surface area contributed by atoms with Gasteiger partial charge >= 0.3 is 184 Å². The number of benzene rings is 2. The molecule has 2 aromatic carbocycles. The number of hydrogen-bond donors (Lipinski definition) is 0. The molecule has 0 heterocycles. The van der Waals surface area contributed by atoms with Gasteiger partial charge in [-0.1, -0.05) is 0 Å². The maximum absolute atomic E-state index is 2.51. The molecule has 4 rings (SSSR count). The van der Waals surface area contributed by atoms with Gasteiger partial charge < -0.3 is 9.41 Å². The molecule has 2 aromatic rings. The first-order valence-electron chi connectivity index (χ1n) is 10.1. The van der Waals surface area contributed by atoms with Gasteiger partial charge in [0, 0.05) is 0 Å². The summed E-state index contributed by atoms with van der Waals surface area (Å²) in [6, 6.07) is 18.0. The first-order chi connectivity index (χ1) is 13.3. The Kier molecular flexibility index (Phi) is 7.98. The summed E-state index contributed by atoms with van der Waals surface area (Å²) >= 11 is -0.815. The quantitative estimate of drug-likeness (QED) is 0.552. The molecule has 0 spiro atoms. The van der Waals surface area contributed by atoms with Gasteiger partial charge in [0.05, 0.1) is 0 Å². The van der Waals surface area contributed by atoms with Crippen LogP contribution >= 0.6 is 8.58 Å². The number of halogens is 2. The van der Waals surface area contributed by atoms with Crippen molar-refractivity contribution in [2.45, 2.75) is 45.2 Å². The molecule has 0 aliphatic heterocycles. The zero-order valence-electron chi connectivity index (χ0n) is 18.5. The molecule has 2 unspecified atom stereocenters. The van der Waals surface area contributed by atoms with Crippen LogP contribution in [0.4, 0.5) is 0 Å². The summed E-state index contributed by atoms with van der Waals surface area (Å²) in [6.45, 7) is 14.2. The van der Waals surface area contributed by atoms with Crippen molar-refractivity contribution in [2.24, 2.45) is 5.41 Å². The molecule has 0 bridgehead atoms. The number of fused-ring (bicyclic) bond motifs is 1. The predicted octanol–water partition coefficient (Wildman–Crippen LogP) is 1.14. The van der Waals surface area contributed by atoms with E-state index in [1.54, 1.807) is 30.9 Å². The molecule has 0 fully saturated rings. The molecule has 2 aliphatic carbocycles. The second-order valence-electron chi connectivity index (χ2n) is 8.62. The van der Waals surface area contributed by atoms with Crippen LogP contribution in [0.3, 0.4) is 0 Å². The van der Waals surface area contributed by atoms with E-state index in [-0.39, 0.29) is 14.8 Å². The number of allylic oxidation sites excluding steroid dienone is 5. The van der Waals surface area contributed by atoms with E-state index in [1.165, 1.54) is 16.4 Å². The van der Waals surface area contributed by atoms with Gasteiger partial charge in [-0.3, -0.25) is 0 Å². The van der Waals surface area contributed by atoms with Crippen LogP contribution in [0.1, 0.15) is 54.9 Å². The summed E-state index contributed by atoms with van der Waals surface area (Å²) in [5.41, 5.74) is 9.43. The van der Waals surface area contributed by atoms with E-state index >= 15 is 0 Å². The smallest absolute Gasteiger partial charge is 1.00 e. The maximum atomic E-state index is 2.51. The number of rotatable bonds is 4. The molecular formula is C26H29F2PZr. The van der Waals surface area contributed by atoms with Crippen LogP contribution in [-0.4, -0.2) is 0 Å². The molecule has 2 aliphatic rings. The third kappa shape index (κ3) is 4.26. The molecular weight excluding hydrogens is 472 g/mol. The molecule has 0 radical (unpaired) electrons. The first-order valence-corrected chi connectivity index (χ1v) is 13.7. The molecule has 0 amide bonds. The second-order valence-corrected chi connectivity index (χ2v) is 13.3. The third-order valence-electron chi connectivity index (χ3n) is 6.70. The van der Waals surface area contributed by atoms with Gasteiger partial charge in [-0.2, -0.15) is 0 Å². The van der Waals surface area contributed by atoms with Crippen molar-refractivity contribution in [3.63, 3.8) is 0 Å². The topological polar surface area (TPSA) is 0 Å². The van der Waals surface area contributed by atoms with E-state index in [1.807, 2.05) is 0 Å². The minimum Gasteiger partial charge on any atom is -1.00 e. The van der Waals surface area contributed by atoms with Gasteiger partial charge in [0.1, 0.15) is 0 Å². The van der Waals surface area contributed by atoms with Crippen molar-refractivity contribution in [1.29, 1.82) is 0 Å². The van der Waals surface area contributed by atoms with Gasteiger partial charge in [-0.25, -0.2) is 0 Å². The zero-order valence-corrected chi connectivity index (χ0v) is 22.0. The summed E-state index contributed by atoms with van der Waals surface area (Å²) in [5.74, 6) is 0. The monoisotopic (exact) mass is 500 g/mol. The molecule has 0 aromatic heterocycles. The van der Waals surface area contributed by atoms with Crippen LogP contribution < -0.4 is 14.7 Å². The average molecular weight is 502 g/mol. The minimum absolute atomic E-state index is 0. The van der Waals surface area contributed by atoms with Crippen molar-refractivity contribution < 1.29 is 32.6 Å². The van der Waals surface area contributed by atoms with Crippen LogP contribution in [0.15, 0.2) is 73.8 Å². The van der Waals surface area contributed by atoms with Crippen molar-refractivity contribution in [2.75, 3.05) is 0 Å². The van der Waals surface area contributed by atoms with Crippen molar-refractivity contribution >= 4 is 20.0 Å². The van der Waals surface area contributed by atoms with E-state index in [9.17, 15) is 0 Å². The molecule has 156 valence electrons. The van der Waals surface area contributed by atoms with Gasteiger partial charge in [0.2, 0.25) is 0 Å². The third-order valence-corrected chi connectivity index (χ3v) is 14.4. The predicted molar refractivity (Wildman–Crippen MR) is 121 cm³/mol. The van der Waals surface area contributed by atoms with Crippen LogP contribution in [0.5, 0.6) is 0 Å². The second kappa shape index (κ2) is 9.54. The number of aryl methyl sites for hydroxylation is 1. The van der Waals surface area contributed by atoms with Crippen molar-refractivity contribution in [3.8, 4) is 0 Å². The molecule has 4 heteroatoms. The van der Waals surface area contributed by atoms with Crippen molar-refractivity contribution in [3.05, 3.63) is 90.5 Å². The normalized spacial score (nSPS) is 19.4. The van der Waals surface area contributed by atoms with E-state index in [0.29, 0.717) is 3.63 Å². The van der Waals surface area contributed by atoms with Crippen LogP contribution in [0.2, 0.25) is 0 Å². The van der Waals surface area contributed by atoms with Gasteiger partial charge in [-0.15, -0.1) is 0 Å². The molecule has 0 saturated carbocycles.